The van der Waals surface area contributed by atoms with Gasteiger partial charge in [-0.2, -0.15) is 10.2 Å². The highest BCUT2D eigenvalue weighted by Gasteiger charge is 2.15. The van der Waals surface area contributed by atoms with E-state index in [2.05, 4.69) is 31.6 Å². The quantitative estimate of drug-likeness (QED) is 0.332. The van der Waals surface area contributed by atoms with Crippen molar-refractivity contribution < 1.29 is 14.5 Å². The van der Waals surface area contributed by atoms with Crippen molar-refractivity contribution in [3.8, 4) is 5.75 Å². The van der Waals surface area contributed by atoms with E-state index in [4.69, 9.17) is 4.74 Å². The molecule has 9 nitrogen and oxygen atoms in total. The summed E-state index contributed by atoms with van der Waals surface area (Å²) in [5, 5.41) is 18.9. The van der Waals surface area contributed by atoms with Gasteiger partial charge < -0.3 is 4.74 Å². The highest BCUT2D eigenvalue weighted by Crippen LogP contribution is 2.18. The number of para-hydroxylation sites is 1. The van der Waals surface area contributed by atoms with Crippen LogP contribution in [0.15, 0.2) is 64.3 Å². The van der Waals surface area contributed by atoms with Crippen molar-refractivity contribution >= 4 is 33.7 Å². The van der Waals surface area contributed by atoms with Crippen LogP contribution in [-0.4, -0.2) is 33.9 Å². The molecule has 0 aliphatic carbocycles. The van der Waals surface area contributed by atoms with Crippen molar-refractivity contribution in [1.82, 2.24) is 15.2 Å². The van der Waals surface area contributed by atoms with Gasteiger partial charge in [0.1, 0.15) is 5.75 Å². The first-order valence-electron chi connectivity index (χ1n) is 8.40. The highest BCUT2D eigenvalue weighted by atomic mass is 79.9. The first kappa shape index (κ1) is 20.2. The number of hydrogen-bond donors (Lipinski definition) is 1. The predicted octanol–water partition coefficient (Wildman–Crippen LogP) is 3.37. The smallest absolute Gasteiger partial charge is 0.293 e. The molecule has 1 amide bonds. The zero-order valence-corrected chi connectivity index (χ0v) is 16.9. The number of carbonyl (C=O) groups is 1. The number of carbonyl (C=O) groups excluding carboxylic acids is 1. The first-order valence-corrected chi connectivity index (χ1v) is 9.20. The van der Waals surface area contributed by atoms with E-state index in [1.165, 1.54) is 18.3 Å². The van der Waals surface area contributed by atoms with Crippen LogP contribution in [0.4, 0.5) is 5.69 Å². The number of ether oxygens (including phenoxy) is 1. The summed E-state index contributed by atoms with van der Waals surface area (Å²) in [6.45, 7) is 0.356. The van der Waals surface area contributed by atoms with E-state index in [1.54, 1.807) is 36.2 Å². The minimum Gasteiger partial charge on any atom is -0.496 e. The molecule has 0 saturated carbocycles. The zero-order chi connectivity index (χ0) is 20.8. The van der Waals surface area contributed by atoms with Gasteiger partial charge in [0.25, 0.3) is 11.6 Å². The molecule has 148 valence electrons. The predicted molar refractivity (Wildman–Crippen MR) is 110 cm³/mol. The van der Waals surface area contributed by atoms with E-state index in [9.17, 15) is 14.9 Å². The van der Waals surface area contributed by atoms with Crippen LogP contribution in [0.3, 0.4) is 0 Å². The molecule has 0 fully saturated rings. The second kappa shape index (κ2) is 9.11. The Balaban J connectivity index is 1.66. The summed E-state index contributed by atoms with van der Waals surface area (Å²) in [5.41, 5.74) is 4.15. The molecule has 0 bridgehead atoms. The Morgan fingerprint density at radius 1 is 1.31 bits per heavy atom. The maximum Gasteiger partial charge on any atom is 0.293 e. The van der Waals surface area contributed by atoms with E-state index in [0.29, 0.717) is 16.8 Å². The fraction of sp³-hybridized carbons (Fsp3) is 0.105. The number of aromatic nitrogens is 2. The normalized spacial score (nSPS) is 10.8. The van der Waals surface area contributed by atoms with Crippen LogP contribution in [0.5, 0.6) is 5.75 Å². The average molecular weight is 458 g/mol. The molecule has 10 heteroatoms. The van der Waals surface area contributed by atoms with Gasteiger partial charge in [0.2, 0.25) is 0 Å². The molecule has 0 aliphatic heterocycles. The number of nitro benzene ring substituents is 1. The number of amides is 1. The maximum absolute atomic E-state index is 12.4. The molecule has 0 atom stereocenters. The number of nitrogens with zero attached hydrogens (tertiary/aromatic N) is 4. The third kappa shape index (κ3) is 5.05. The van der Waals surface area contributed by atoms with Crippen molar-refractivity contribution in [2.45, 2.75) is 6.54 Å². The maximum atomic E-state index is 12.4. The van der Waals surface area contributed by atoms with E-state index >= 15 is 0 Å². The van der Waals surface area contributed by atoms with Gasteiger partial charge in [-0.05, 0) is 33.6 Å². The van der Waals surface area contributed by atoms with Gasteiger partial charge in [-0.1, -0.05) is 24.3 Å². The Morgan fingerprint density at radius 3 is 2.72 bits per heavy atom. The lowest BCUT2D eigenvalue weighted by atomic mass is 10.2. The summed E-state index contributed by atoms with van der Waals surface area (Å²) in [5.74, 6) is 0.157. The zero-order valence-electron chi connectivity index (χ0n) is 15.3. The number of hydrogen-bond acceptors (Lipinski definition) is 6. The molecule has 0 saturated heterocycles. The van der Waals surface area contributed by atoms with Crippen LogP contribution < -0.4 is 10.2 Å². The third-order valence-electron chi connectivity index (χ3n) is 3.93. The van der Waals surface area contributed by atoms with Crippen molar-refractivity contribution in [3.05, 3.63) is 86.1 Å². The van der Waals surface area contributed by atoms with Crippen LogP contribution in [0.2, 0.25) is 0 Å². The molecule has 29 heavy (non-hydrogen) atoms. The second-order valence-corrected chi connectivity index (χ2v) is 6.74. The summed E-state index contributed by atoms with van der Waals surface area (Å²) < 4.78 is 7.29. The number of halogens is 1. The topological polar surface area (TPSA) is 112 Å². The van der Waals surface area contributed by atoms with Crippen LogP contribution in [0.25, 0.3) is 0 Å². The number of methoxy groups -OCH3 is 1. The summed E-state index contributed by atoms with van der Waals surface area (Å²) in [6, 6.07) is 13.4. The molecule has 1 heterocycles. The Kier molecular flexibility index (Phi) is 6.35. The first-order chi connectivity index (χ1) is 14.0. The molecule has 1 N–H and O–H groups in total. The fourth-order valence-electron chi connectivity index (χ4n) is 2.53. The van der Waals surface area contributed by atoms with Gasteiger partial charge in [-0.3, -0.25) is 19.6 Å². The molecule has 0 aliphatic rings. The molecule has 3 aromatic rings. The Labute approximate surface area is 174 Å². The monoisotopic (exact) mass is 457 g/mol. The van der Waals surface area contributed by atoms with Crippen molar-refractivity contribution in [3.63, 3.8) is 0 Å². The van der Waals surface area contributed by atoms with E-state index in [-0.39, 0.29) is 11.4 Å². The number of rotatable bonds is 7. The van der Waals surface area contributed by atoms with Gasteiger partial charge in [0, 0.05) is 23.9 Å². The average Bonchev–Trinajstić information content (AvgIpc) is 3.08. The van der Waals surface area contributed by atoms with Gasteiger partial charge in [0.05, 0.1) is 29.3 Å². The van der Waals surface area contributed by atoms with E-state index < -0.39 is 10.8 Å². The van der Waals surface area contributed by atoms with Crippen LogP contribution in [-0.2, 0) is 6.54 Å². The molecule has 0 radical (unpaired) electrons. The van der Waals surface area contributed by atoms with Gasteiger partial charge in [-0.25, -0.2) is 5.43 Å². The standard InChI is InChI=1S/C19H16BrN5O4/c1-29-17-5-3-2-4-14(17)10-21-22-19(26)18-16(20)12-24(23-18)11-13-6-8-15(9-7-13)25(27)28/h2-10,12H,11H2,1H3,(H,22,26). The van der Waals surface area contributed by atoms with E-state index in [0.717, 1.165) is 11.1 Å². The third-order valence-corrected chi connectivity index (χ3v) is 4.51. The highest BCUT2D eigenvalue weighted by molar-refractivity contribution is 9.10. The molecule has 0 spiro atoms. The van der Waals surface area contributed by atoms with E-state index in [1.807, 2.05) is 18.2 Å². The minimum atomic E-state index is -0.481. The lowest BCUT2D eigenvalue weighted by Gasteiger charge is -2.03. The van der Waals surface area contributed by atoms with Crippen molar-refractivity contribution in [1.29, 1.82) is 0 Å². The molecular weight excluding hydrogens is 442 g/mol. The van der Waals surface area contributed by atoms with Crippen molar-refractivity contribution in [2.75, 3.05) is 7.11 Å². The van der Waals surface area contributed by atoms with Crippen LogP contribution in [0, 0.1) is 10.1 Å². The SMILES string of the molecule is COc1ccccc1C=NNC(=O)c1nn(Cc2ccc([N+](=O)[O-])cc2)cc1Br. The molecule has 2 aromatic carbocycles. The van der Waals surface area contributed by atoms with Gasteiger partial charge >= 0.3 is 0 Å². The summed E-state index contributed by atoms with van der Waals surface area (Å²) >= 11 is 3.32. The number of nitrogens with one attached hydrogen (secondary N) is 1. The fourth-order valence-corrected chi connectivity index (χ4v) is 3.02. The number of non-ortho nitro benzene ring substituents is 1. The Bertz CT molecular complexity index is 1060. The Morgan fingerprint density at radius 2 is 2.03 bits per heavy atom. The second-order valence-electron chi connectivity index (χ2n) is 5.89. The summed E-state index contributed by atoms with van der Waals surface area (Å²) in [6.07, 6.45) is 3.14. The minimum absolute atomic E-state index is 0.0170. The van der Waals surface area contributed by atoms with Gasteiger partial charge in [-0.15, -0.1) is 0 Å². The number of benzene rings is 2. The number of nitro groups is 1. The summed E-state index contributed by atoms with van der Waals surface area (Å²) in [4.78, 5) is 22.6. The molecule has 3 rings (SSSR count). The summed E-state index contributed by atoms with van der Waals surface area (Å²) in [7, 11) is 1.56. The molecule has 0 unspecified atom stereocenters. The largest absolute Gasteiger partial charge is 0.496 e. The lowest BCUT2D eigenvalue weighted by Crippen LogP contribution is -2.19. The molecule has 1 aromatic heterocycles. The lowest BCUT2D eigenvalue weighted by molar-refractivity contribution is -0.384. The van der Waals surface area contributed by atoms with Gasteiger partial charge in [0.15, 0.2) is 5.69 Å². The van der Waals surface area contributed by atoms with Crippen LogP contribution in [0.1, 0.15) is 21.6 Å². The molecular formula is C19H16BrN5O4. The van der Waals surface area contributed by atoms with Crippen molar-refractivity contribution in [2.24, 2.45) is 5.10 Å². The Hall–Kier alpha value is -3.53. The number of hydrazone groups is 1. The van der Waals surface area contributed by atoms with Crippen LogP contribution >= 0.6 is 15.9 Å².